The lowest BCUT2D eigenvalue weighted by Gasteiger charge is -1.99. The van der Waals surface area contributed by atoms with Gasteiger partial charge >= 0.3 is 0 Å². The Labute approximate surface area is 97.9 Å². The van der Waals surface area contributed by atoms with Crippen molar-refractivity contribution in [3.63, 3.8) is 0 Å². The summed E-state index contributed by atoms with van der Waals surface area (Å²) in [5, 5.41) is 2.80. The van der Waals surface area contributed by atoms with Crippen LogP contribution in [0.25, 0.3) is 0 Å². The number of aromatic nitrogens is 1. The van der Waals surface area contributed by atoms with E-state index >= 15 is 0 Å². The third-order valence-electron chi connectivity index (χ3n) is 2.19. The molecule has 2 N–H and O–H groups in total. The monoisotopic (exact) mass is 232 g/mol. The normalized spacial score (nSPS) is 10.3. The molecule has 2 aromatic rings. The minimum Gasteiger partial charge on any atom is -0.399 e. The van der Waals surface area contributed by atoms with Crippen LogP contribution in [0.5, 0.6) is 0 Å². The van der Waals surface area contributed by atoms with Gasteiger partial charge in [-0.2, -0.15) is 0 Å². The summed E-state index contributed by atoms with van der Waals surface area (Å²) in [6, 6.07) is 7.03. The molecule has 0 radical (unpaired) electrons. The third-order valence-corrected chi connectivity index (χ3v) is 3.15. The van der Waals surface area contributed by atoms with Crippen molar-refractivity contribution in [3.8, 4) is 0 Å². The zero-order chi connectivity index (χ0) is 11.5. The second-order valence-electron chi connectivity index (χ2n) is 3.61. The zero-order valence-corrected chi connectivity index (χ0v) is 9.75. The summed E-state index contributed by atoms with van der Waals surface area (Å²) in [4.78, 5) is 16.2. The number of hydrogen-bond donors (Lipinski definition) is 1. The number of nitrogens with zero attached hydrogens (tertiary/aromatic N) is 1. The second kappa shape index (κ2) is 4.45. The van der Waals surface area contributed by atoms with E-state index in [4.69, 9.17) is 5.73 Å². The quantitative estimate of drug-likeness (QED) is 0.653. The van der Waals surface area contributed by atoms with Gasteiger partial charge in [0.1, 0.15) is 5.01 Å². The van der Waals surface area contributed by atoms with E-state index in [1.54, 1.807) is 24.3 Å². The number of hydrogen-bond acceptors (Lipinski definition) is 4. The molecule has 16 heavy (non-hydrogen) atoms. The first-order valence-electron chi connectivity index (χ1n) is 4.95. The minimum atomic E-state index is 0.0571. The van der Waals surface area contributed by atoms with Gasteiger partial charge in [-0.15, -0.1) is 11.3 Å². The topological polar surface area (TPSA) is 56.0 Å². The molecule has 0 amide bonds. The highest BCUT2D eigenvalue weighted by atomic mass is 32.1. The molecule has 0 unspecified atom stereocenters. The smallest absolute Gasteiger partial charge is 0.169 e. The molecule has 1 aromatic carbocycles. The summed E-state index contributed by atoms with van der Waals surface area (Å²) in [7, 11) is 0. The summed E-state index contributed by atoms with van der Waals surface area (Å²) in [5.74, 6) is 0.0571. The Bertz CT molecular complexity index is 519. The maximum Gasteiger partial charge on any atom is 0.169 e. The van der Waals surface area contributed by atoms with E-state index in [9.17, 15) is 4.79 Å². The highest BCUT2D eigenvalue weighted by molar-refractivity contribution is 7.09. The Kier molecular flexibility index (Phi) is 3.01. The van der Waals surface area contributed by atoms with Gasteiger partial charge in [-0.1, -0.05) is 12.1 Å². The fourth-order valence-corrected chi connectivity index (χ4v) is 2.21. The van der Waals surface area contributed by atoms with Crippen molar-refractivity contribution in [2.45, 2.75) is 13.3 Å². The fraction of sp³-hybridized carbons (Fsp3) is 0.167. The van der Waals surface area contributed by atoms with Gasteiger partial charge in [-0.3, -0.25) is 4.79 Å². The van der Waals surface area contributed by atoms with Crippen molar-refractivity contribution in [3.05, 3.63) is 45.9 Å². The Balaban J connectivity index is 2.14. The molecule has 0 aliphatic heterocycles. The van der Waals surface area contributed by atoms with Crippen LogP contribution in [0, 0.1) is 6.92 Å². The van der Waals surface area contributed by atoms with Crippen LogP contribution in [-0.2, 0) is 6.42 Å². The molecule has 3 nitrogen and oxygen atoms in total. The first-order chi connectivity index (χ1) is 7.65. The number of rotatable bonds is 3. The predicted molar refractivity (Wildman–Crippen MR) is 65.7 cm³/mol. The average Bonchev–Trinajstić information content (AvgIpc) is 2.64. The van der Waals surface area contributed by atoms with Gasteiger partial charge in [0.05, 0.1) is 6.42 Å². The number of carbonyl (C=O) groups excluding carboxylic acids is 1. The van der Waals surface area contributed by atoms with Gasteiger partial charge < -0.3 is 5.73 Å². The molecular formula is C12H12N2OS. The van der Waals surface area contributed by atoms with E-state index < -0.39 is 0 Å². The van der Waals surface area contributed by atoms with Gasteiger partial charge in [0.25, 0.3) is 0 Å². The molecule has 0 aliphatic carbocycles. The molecule has 0 atom stereocenters. The zero-order valence-electron chi connectivity index (χ0n) is 8.93. The largest absolute Gasteiger partial charge is 0.399 e. The molecule has 1 heterocycles. The average molecular weight is 232 g/mol. The van der Waals surface area contributed by atoms with Crippen molar-refractivity contribution < 1.29 is 4.79 Å². The number of nitrogen functional groups attached to an aromatic ring is 1. The lowest BCUT2D eigenvalue weighted by Crippen LogP contribution is -2.03. The van der Waals surface area contributed by atoms with Crippen molar-refractivity contribution in [2.75, 3.05) is 5.73 Å². The summed E-state index contributed by atoms with van der Waals surface area (Å²) in [6.07, 6.45) is 0.349. The molecule has 0 saturated heterocycles. The summed E-state index contributed by atoms with van der Waals surface area (Å²) in [6.45, 7) is 1.92. The summed E-state index contributed by atoms with van der Waals surface area (Å²) < 4.78 is 0. The van der Waals surface area contributed by atoms with Gasteiger partial charge in [0, 0.05) is 22.3 Å². The first-order valence-corrected chi connectivity index (χ1v) is 5.83. The summed E-state index contributed by atoms with van der Waals surface area (Å²) >= 11 is 1.51. The summed E-state index contributed by atoms with van der Waals surface area (Å²) in [5.41, 5.74) is 7.85. The van der Waals surface area contributed by atoms with Crippen molar-refractivity contribution >= 4 is 22.8 Å². The van der Waals surface area contributed by atoms with Crippen LogP contribution in [0.4, 0.5) is 5.69 Å². The Hall–Kier alpha value is -1.68. The van der Waals surface area contributed by atoms with Gasteiger partial charge in [-0.25, -0.2) is 4.98 Å². The number of benzene rings is 1. The van der Waals surface area contributed by atoms with E-state index in [1.165, 1.54) is 11.3 Å². The first kappa shape index (κ1) is 10.8. The highest BCUT2D eigenvalue weighted by Crippen LogP contribution is 2.14. The third kappa shape index (κ3) is 2.46. The second-order valence-corrected chi connectivity index (χ2v) is 4.55. The van der Waals surface area contributed by atoms with Gasteiger partial charge in [0.2, 0.25) is 0 Å². The Morgan fingerprint density at radius 3 is 2.94 bits per heavy atom. The molecule has 4 heteroatoms. The highest BCUT2D eigenvalue weighted by Gasteiger charge is 2.09. The van der Waals surface area contributed by atoms with Crippen LogP contribution in [0.1, 0.15) is 21.1 Å². The predicted octanol–water partition coefficient (Wildman–Crippen LogP) is 2.46. The van der Waals surface area contributed by atoms with Gasteiger partial charge in [-0.05, 0) is 19.1 Å². The minimum absolute atomic E-state index is 0.0571. The van der Waals surface area contributed by atoms with Crippen LogP contribution in [0.2, 0.25) is 0 Å². The van der Waals surface area contributed by atoms with E-state index in [1.807, 2.05) is 12.3 Å². The molecule has 82 valence electrons. The number of carbonyl (C=O) groups is 1. The van der Waals surface area contributed by atoms with E-state index in [-0.39, 0.29) is 5.78 Å². The molecular weight excluding hydrogens is 220 g/mol. The molecule has 1 aromatic heterocycles. The van der Waals surface area contributed by atoms with E-state index in [0.29, 0.717) is 17.7 Å². The Morgan fingerprint density at radius 2 is 2.31 bits per heavy atom. The fourth-order valence-electron chi connectivity index (χ4n) is 1.44. The van der Waals surface area contributed by atoms with Crippen LogP contribution in [0.3, 0.4) is 0 Å². The van der Waals surface area contributed by atoms with E-state index in [0.717, 1.165) is 10.7 Å². The van der Waals surface area contributed by atoms with E-state index in [2.05, 4.69) is 4.98 Å². The van der Waals surface area contributed by atoms with Crippen LogP contribution in [0.15, 0.2) is 29.6 Å². The number of aryl methyl sites for hydroxylation is 1. The number of anilines is 1. The van der Waals surface area contributed by atoms with Crippen molar-refractivity contribution in [1.29, 1.82) is 0 Å². The van der Waals surface area contributed by atoms with Crippen LogP contribution in [-0.4, -0.2) is 10.8 Å². The van der Waals surface area contributed by atoms with Gasteiger partial charge in [0.15, 0.2) is 5.78 Å². The molecule has 0 bridgehead atoms. The maximum absolute atomic E-state index is 11.9. The lowest BCUT2D eigenvalue weighted by atomic mass is 10.1. The number of ketones is 1. The SMILES string of the molecule is Cc1csc(CC(=O)c2cccc(N)c2)n1. The van der Waals surface area contributed by atoms with Crippen LogP contribution >= 0.6 is 11.3 Å². The molecule has 0 fully saturated rings. The molecule has 0 spiro atoms. The number of nitrogens with two attached hydrogens (primary N) is 1. The molecule has 0 saturated carbocycles. The molecule has 2 rings (SSSR count). The standard InChI is InChI=1S/C12H12N2OS/c1-8-7-16-12(14-8)6-11(15)9-3-2-4-10(13)5-9/h2-5,7H,6,13H2,1H3. The van der Waals surface area contributed by atoms with Crippen molar-refractivity contribution in [2.24, 2.45) is 0 Å². The maximum atomic E-state index is 11.9. The number of thiazole rings is 1. The van der Waals surface area contributed by atoms with Crippen LogP contribution < -0.4 is 5.73 Å². The Morgan fingerprint density at radius 1 is 1.50 bits per heavy atom. The lowest BCUT2D eigenvalue weighted by molar-refractivity contribution is 0.0993. The molecule has 0 aliphatic rings. The van der Waals surface area contributed by atoms with Crippen molar-refractivity contribution in [1.82, 2.24) is 4.98 Å². The number of Topliss-reactive ketones (excluding diaryl/α,β-unsaturated/α-hetero) is 1.